The second-order valence-electron chi connectivity index (χ2n) is 6.45. The second kappa shape index (κ2) is 5.19. The number of halogens is 3. The molecule has 112 valence electrons. The fraction of sp³-hybridized carbons (Fsp3) is 0.600. The number of nitrogens with one attached hydrogen (secondary N) is 1. The first-order chi connectivity index (χ1) is 9.16. The van der Waals surface area contributed by atoms with Crippen LogP contribution in [-0.2, 0) is 0 Å². The number of hydrogen-bond donors (Lipinski definition) is 1. The molecule has 1 aromatic carbocycles. The summed E-state index contributed by atoms with van der Waals surface area (Å²) < 4.78 is 41.2. The van der Waals surface area contributed by atoms with Gasteiger partial charge in [0, 0.05) is 12.5 Å². The summed E-state index contributed by atoms with van der Waals surface area (Å²) in [5, 5.41) is 3.05. The lowest BCUT2D eigenvalue weighted by Crippen LogP contribution is -2.17. The van der Waals surface area contributed by atoms with Gasteiger partial charge in [-0.25, -0.2) is 0 Å². The lowest BCUT2D eigenvalue weighted by atomic mass is 9.85. The van der Waals surface area contributed by atoms with Gasteiger partial charge in [-0.2, -0.15) is 0 Å². The minimum atomic E-state index is -4.65. The van der Waals surface area contributed by atoms with Crippen LogP contribution in [0.3, 0.4) is 0 Å². The molecule has 0 fully saturated rings. The molecule has 0 aliphatic carbocycles. The Morgan fingerprint density at radius 2 is 1.95 bits per heavy atom. The van der Waals surface area contributed by atoms with E-state index >= 15 is 0 Å². The van der Waals surface area contributed by atoms with E-state index in [0.29, 0.717) is 12.2 Å². The van der Waals surface area contributed by atoms with Gasteiger partial charge in [0.05, 0.1) is 5.69 Å². The van der Waals surface area contributed by atoms with E-state index in [0.717, 1.165) is 18.4 Å². The maximum Gasteiger partial charge on any atom is 0.573 e. The van der Waals surface area contributed by atoms with Crippen LogP contribution in [-0.4, -0.2) is 12.9 Å². The molecule has 1 N–H and O–H groups in total. The van der Waals surface area contributed by atoms with Crippen LogP contribution in [0.25, 0.3) is 0 Å². The molecular weight excluding hydrogens is 267 g/mol. The predicted molar refractivity (Wildman–Crippen MR) is 73.0 cm³/mol. The van der Waals surface area contributed by atoms with Crippen LogP contribution in [0.5, 0.6) is 5.75 Å². The van der Waals surface area contributed by atoms with E-state index in [2.05, 4.69) is 30.8 Å². The van der Waals surface area contributed by atoms with Gasteiger partial charge in [0.25, 0.3) is 0 Å². The number of para-hydroxylation sites is 1. The van der Waals surface area contributed by atoms with Gasteiger partial charge in [0.15, 0.2) is 5.75 Å². The third-order valence-corrected chi connectivity index (χ3v) is 3.49. The lowest BCUT2D eigenvalue weighted by Gasteiger charge is -2.20. The molecule has 0 radical (unpaired) electrons. The Morgan fingerprint density at radius 3 is 2.55 bits per heavy atom. The van der Waals surface area contributed by atoms with Crippen LogP contribution in [0, 0.1) is 5.41 Å². The number of ether oxygens (including phenoxy) is 1. The molecule has 0 saturated heterocycles. The Kier molecular flexibility index (Phi) is 3.89. The fourth-order valence-corrected chi connectivity index (χ4v) is 2.49. The van der Waals surface area contributed by atoms with Crippen LogP contribution >= 0.6 is 0 Å². The highest BCUT2D eigenvalue weighted by Crippen LogP contribution is 2.43. The van der Waals surface area contributed by atoms with Crippen molar-refractivity contribution in [2.24, 2.45) is 5.41 Å². The zero-order valence-corrected chi connectivity index (χ0v) is 12.0. The molecule has 2 nitrogen and oxygen atoms in total. The van der Waals surface area contributed by atoms with Gasteiger partial charge in [-0.3, -0.25) is 0 Å². The first kappa shape index (κ1) is 15.0. The molecular formula is C15H20F3NO. The average molecular weight is 287 g/mol. The molecule has 0 amide bonds. The second-order valence-corrected chi connectivity index (χ2v) is 6.45. The number of benzene rings is 1. The first-order valence-corrected chi connectivity index (χ1v) is 6.78. The molecule has 1 aromatic rings. The molecule has 1 atom stereocenters. The molecule has 0 spiro atoms. The molecule has 1 aliphatic heterocycles. The Morgan fingerprint density at radius 1 is 1.25 bits per heavy atom. The monoisotopic (exact) mass is 287 g/mol. The van der Waals surface area contributed by atoms with Gasteiger partial charge >= 0.3 is 6.36 Å². The van der Waals surface area contributed by atoms with Crippen LogP contribution in [0.4, 0.5) is 18.9 Å². The summed E-state index contributed by atoms with van der Waals surface area (Å²) >= 11 is 0. The highest BCUT2D eigenvalue weighted by molar-refractivity contribution is 5.66. The minimum Gasteiger partial charge on any atom is -0.404 e. The molecule has 5 heteroatoms. The van der Waals surface area contributed by atoms with Crippen LogP contribution in [0.2, 0.25) is 0 Å². The topological polar surface area (TPSA) is 21.3 Å². The third kappa shape index (κ3) is 3.81. The van der Waals surface area contributed by atoms with Crippen LogP contribution < -0.4 is 10.1 Å². The summed E-state index contributed by atoms with van der Waals surface area (Å²) in [5.41, 5.74) is 1.64. The van der Waals surface area contributed by atoms with Crippen molar-refractivity contribution in [3.8, 4) is 5.75 Å². The van der Waals surface area contributed by atoms with E-state index in [4.69, 9.17) is 0 Å². The smallest absolute Gasteiger partial charge is 0.404 e. The third-order valence-electron chi connectivity index (χ3n) is 3.49. The normalized spacial score (nSPS) is 18.6. The van der Waals surface area contributed by atoms with E-state index in [1.165, 1.54) is 6.07 Å². The summed E-state index contributed by atoms with van der Waals surface area (Å²) in [7, 11) is 0. The van der Waals surface area contributed by atoms with Crippen molar-refractivity contribution in [3.05, 3.63) is 23.8 Å². The zero-order chi connectivity index (χ0) is 15.0. The molecule has 0 bridgehead atoms. The largest absolute Gasteiger partial charge is 0.573 e. The number of rotatable bonds is 3. The first-order valence-electron chi connectivity index (χ1n) is 6.78. The molecule has 20 heavy (non-hydrogen) atoms. The number of fused-ring (bicyclic) bond motifs is 1. The molecule has 0 saturated carbocycles. The van der Waals surface area contributed by atoms with E-state index in [1.54, 1.807) is 6.07 Å². The van der Waals surface area contributed by atoms with E-state index in [-0.39, 0.29) is 17.1 Å². The fourth-order valence-electron chi connectivity index (χ4n) is 2.49. The molecule has 1 heterocycles. The minimum absolute atomic E-state index is 0.131. The Hall–Kier alpha value is -1.39. The van der Waals surface area contributed by atoms with Crippen LogP contribution in [0.1, 0.15) is 45.1 Å². The van der Waals surface area contributed by atoms with Gasteiger partial charge in [-0.1, -0.05) is 32.9 Å². The Balaban J connectivity index is 2.15. The van der Waals surface area contributed by atoms with Crippen molar-refractivity contribution in [2.75, 3.05) is 11.9 Å². The molecule has 1 aliphatic rings. The highest BCUT2D eigenvalue weighted by atomic mass is 19.4. The van der Waals surface area contributed by atoms with E-state index < -0.39 is 6.36 Å². The van der Waals surface area contributed by atoms with Gasteiger partial charge < -0.3 is 10.1 Å². The van der Waals surface area contributed by atoms with Crippen molar-refractivity contribution in [1.82, 2.24) is 0 Å². The summed E-state index contributed by atoms with van der Waals surface area (Å²) in [6.07, 6.45) is -2.66. The summed E-state index contributed by atoms with van der Waals surface area (Å²) in [4.78, 5) is 0. The zero-order valence-electron chi connectivity index (χ0n) is 12.0. The highest BCUT2D eigenvalue weighted by Gasteiger charge is 2.34. The van der Waals surface area contributed by atoms with Crippen molar-refractivity contribution >= 4 is 5.69 Å². The summed E-state index contributed by atoms with van der Waals surface area (Å²) in [6.45, 7) is 7.17. The summed E-state index contributed by atoms with van der Waals surface area (Å²) in [6, 6.07) is 4.86. The van der Waals surface area contributed by atoms with Crippen molar-refractivity contribution in [1.29, 1.82) is 0 Å². The van der Waals surface area contributed by atoms with E-state index in [1.807, 2.05) is 6.07 Å². The van der Waals surface area contributed by atoms with Gasteiger partial charge in [0.2, 0.25) is 0 Å². The summed E-state index contributed by atoms with van der Waals surface area (Å²) in [5.74, 6) is 0.120. The molecule has 2 rings (SSSR count). The average Bonchev–Trinajstić information content (AvgIpc) is 2.67. The van der Waals surface area contributed by atoms with Crippen molar-refractivity contribution in [2.45, 2.75) is 45.9 Å². The number of alkyl halides is 3. The van der Waals surface area contributed by atoms with Crippen molar-refractivity contribution < 1.29 is 17.9 Å². The molecule has 0 aromatic heterocycles. The van der Waals surface area contributed by atoms with E-state index in [9.17, 15) is 13.2 Å². The van der Waals surface area contributed by atoms with Crippen LogP contribution in [0.15, 0.2) is 18.2 Å². The van der Waals surface area contributed by atoms with Crippen molar-refractivity contribution in [3.63, 3.8) is 0 Å². The maximum atomic E-state index is 12.4. The molecule has 1 unspecified atom stereocenters. The Labute approximate surface area is 117 Å². The lowest BCUT2D eigenvalue weighted by molar-refractivity contribution is -0.274. The quantitative estimate of drug-likeness (QED) is 0.852. The SMILES string of the molecule is CC(C)(C)CCC1CNc2c(OC(F)(F)F)cccc21. The van der Waals surface area contributed by atoms with Gasteiger partial charge in [-0.15, -0.1) is 13.2 Å². The van der Waals surface area contributed by atoms with Gasteiger partial charge in [-0.05, 0) is 29.9 Å². The maximum absolute atomic E-state index is 12.4. The number of anilines is 1. The Bertz CT molecular complexity index is 477. The predicted octanol–water partition coefficient (Wildman–Crippen LogP) is 4.92. The standard InChI is InChI=1S/C15H20F3NO/c1-14(2,3)8-7-10-9-19-13-11(10)5-4-6-12(13)20-15(16,17)18/h4-6,10,19H,7-9H2,1-3H3. The number of hydrogen-bond acceptors (Lipinski definition) is 2. The van der Waals surface area contributed by atoms with Gasteiger partial charge in [0.1, 0.15) is 0 Å².